The summed E-state index contributed by atoms with van der Waals surface area (Å²) in [5.41, 5.74) is 4.83. The number of rotatable bonds is 10. The topological polar surface area (TPSA) is 70.6 Å². The van der Waals surface area contributed by atoms with Crippen LogP contribution in [0.3, 0.4) is 0 Å². The molecule has 31 heavy (non-hydrogen) atoms. The molecule has 0 radical (unpaired) electrons. The SMILES string of the molecule is CN=C(NCCCn1nc(C)cc1C)NCc1ccccc1CN(C)Cc1ccco1. The third-order valence-electron chi connectivity index (χ3n) is 5.18. The molecule has 0 saturated heterocycles. The molecule has 166 valence electrons. The Balaban J connectivity index is 1.46. The molecule has 3 aromatic rings. The molecule has 0 aliphatic heterocycles. The van der Waals surface area contributed by atoms with Crippen LogP contribution in [0, 0.1) is 13.8 Å². The summed E-state index contributed by atoms with van der Waals surface area (Å²) < 4.78 is 7.52. The molecule has 0 bridgehead atoms. The zero-order chi connectivity index (χ0) is 22.1. The van der Waals surface area contributed by atoms with Crippen LogP contribution < -0.4 is 10.6 Å². The first-order valence-electron chi connectivity index (χ1n) is 10.8. The predicted molar refractivity (Wildman–Crippen MR) is 125 cm³/mol. The Hall–Kier alpha value is -3.06. The molecule has 2 N–H and O–H groups in total. The van der Waals surface area contributed by atoms with Crippen molar-refractivity contribution in [3.8, 4) is 0 Å². The maximum absolute atomic E-state index is 5.46. The van der Waals surface area contributed by atoms with Crippen LogP contribution in [0.2, 0.25) is 0 Å². The van der Waals surface area contributed by atoms with Gasteiger partial charge in [0.05, 0.1) is 18.5 Å². The lowest BCUT2D eigenvalue weighted by Gasteiger charge is -2.19. The van der Waals surface area contributed by atoms with Crippen molar-refractivity contribution in [2.24, 2.45) is 4.99 Å². The molecule has 0 fully saturated rings. The van der Waals surface area contributed by atoms with E-state index in [4.69, 9.17) is 4.42 Å². The minimum absolute atomic E-state index is 0.724. The van der Waals surface area contributed by atoms with Crippen LogP contribution in [0.1, 0.15) is 34.7 Å². The first-order chi connectivity index (χ1) is 15.0. The highest BCUT2D eigenvalue weighted by molar-refractivity contribution is 5.79. The predicted octanol–water partition coefficient (Wildman–Crippen LogP) is 3.48. The summed E-state index contributed by atoms with van der Waals surface area (Å²) in [5.74, 6) is 1.79. The molecule has 0 atom stereocenters. The second-order valence-electron chi connectivity index (χ2n) is 7.88. The van der Waals surface area contributed by atoms with E-state index in [1.54, 1.807) is 13.3 Å². The fraction of sp³-hybridized carbons (Fsp3) is 0.417. The van der Waals surface area contributed by atoms with E-state index in [0.29, 0.717) is 0 Å². The molecule has 0 amide bonds. The fourth-order valence-electron chi connectivity index (χ4n) is 3.64. The minimum atomic E-state index is 0.724. The number of hydrogen-bond donors (Lipinski definition) is 2. The summed E-state index contributed by atoms with van der Waals surface area (Å²) >= 11 is 0. The van der Waals surface area contributed by atoms with Gasteiger partial charge in [0.1, 0.15) is 5.76 Å². The summed E-state index contributed by atoms with van der Waals surface area (Å²) in [6.45, 7) is 8.22. The first kappa shape index (κ1) is 22.6. The van der Waals surface area contributed by atoms with E-state index in [-0.39, 0.29) is 0 Å². The number of nitrogens with one attached hydrogen (secondary N) is 2. The first-order valence-corrected chi connectivity index (χ1v) is 10.8. The third kappa shape index (κ3) is 7.00. The minimum Gasteiger partial charge on any atom is -0.468 e. The molecule has 0 aliphatic carbocycles. The van der Waals surface area contributed by atoms with Gasteiger partial charge in [-0.2, -0.15) is 5.10 Å². The molecule has 0 spiro atoms. The maximum atomic E-state index is 5.46. The maximum Gasteiger partial charge on any atom is 0.191 e. The van der Waals surface area contributed by atoms with Crippen molar-refractivity contribution in [1.29, 1.82) is 0 Å². The summed E-state index contributed by atoms with van der Waals surface area (Å²) in [6, 6.07) is 14.6. The van der Waals surface area contributed by atoms with Gasteiger partial charge in [0.2, 0.25) is 0 Å². The summed E-state index contributed by atoms with van der Waals surface area (Å²) in [5, 5.41) is 11.4. The number of furan rings is 1. The number of hydrogen-bond acceptors (Lipinski definition) is 4. The average Bonchev–Trinajstić information content (AvgIpc) is 3.37. The zero-order valence-electron chi connectivity index (χ0n) is 19.1. The lowest BCUT2D eigenvalue weighted by atomic mass is 10.1. The molecule has 1 aromatic carbocycles. The Labute approximate surface area is 185 Å². The van der Waals surface area contributed by atoms with Gasteiger partial charge in [-0.05, 0) is 56.6 Å². The summed E-state index contributed by atoms with van der Waals surface area (Å²) in [7, 11) is 3.91. The van der Waals surface area contributed by atoms with Gasteiger partial charge in [0.25, 0.3) is 0 Å². The van der Waals surface area contributed by atoms with Crippen LogP contribution in [-0.4, -0.2) is 41.3 Å². The number of benzene rings is 1. The van der Waals surface area contributed by atoms with Crippen molar-refractivity contribution >= 4 is 5.96 Å². The van der Waals surface area contributed by atoms with E-state index in [9.17, 15) is 0 Å². The van der Waals surface area contributed by atoms with Crippen LogP contribution in [0.15, 0.2) is 58.1 Å². The number of nitrogens with zero attached hydrogens (tertiary/aromatic N) is 4. The van der Waals surface area contributed by atoms with Crippen molar-refractivity contribution < 1.29 is 4.42 Å². The molecule has 3 rings (SSSR count). The van der Waals surface area contributed by atoms with Crippen LogP contribution in [0.25, 0.3) is 0 Å². The third-order valence-corrected chi connectivity index (χ3v) is 5.18. The largest absolute Gasteiger partial charge is 0.468 e. The van der Waals surface area contributed by atoms with E-state index in [1.807, 2.05) is 19.1 Å². The lowest BCUT2D eigenvalue weighted by molar-refractivity contribution is 0.287. The van der Waals surface area contributed by atoms with Gasteiger partial charge in [-0.15, -0.1) is 0 Å². The van der Waals surface area contributed by atoms with Gasteiger partial charge in [-0.1, -0.05) is 24.3 Å². The summed E-state index contributed by atoms with van der Waals surface area (Å²) in [4.78, 5) is 6.61. The number of aliphatic imine (C=N–C) groups is 1. The fourth-order valence-corrected chi connectivity index (χ4v) is 3.64. The molecule has 2 aromatic heterocycles. The number of guanidine groups is 1. The standard InChI is InChI=1S/C24H34N6O/c1-19-15-20(2)30(28-19)13-8-12-26-24(25-3)27-16-21-9-5-6-10-22(21)17-29(4)18-23-11-7-14-31-23/h5-7,9-11,14-15H,8,12-13,16-18H2,1-4H3,(H2,25,26,27). The Bertz CT molecular complexity index is 960. The van der Waals surface area contributed by atoms with Crippen LogP contribution in [-0.2, 0) is 26.2 Å². The van der Waals surface area contributed by atoms with Crippen molar-refractivity contribution in [1.82, 2.24) is 25.3 Å². The van der Waals surface area contributed by atoms with Crippen molar-refractivity contribution in [3.63, 3.8) is 0 Å². The number of aromatic nitrogens is 2. The highest BCUT2D eigenvalue weighted by Gasteiger charge is 2.08. The van der Waals surface area contributed by atoms with Crippen LogP contribution in [0.4, 0.5) is 0 Å². The monoisotopic (exact) mass is 422 g/mol. The second kappa shape index (κ2) is 11.4. The quantitative estimate of drug-likeness (QED) is 0.297. The summed E-state index contributed by atoms with van der Waals surface area (Å²) in [6.07, 6.45) is 2.70. The van der Waals surface area contributed by atoms with Gasteiger partial charge in [-0.3, -0.25) is 14.6 Å². The number of aryl methyl sites for hydroxylation is 3. The van der Waals surface area contributed by atoms with E-state index < -0.39 is 0 Å². The van der Waals surface area contributed by atoms with Gasteiger partial charge in [0, 0.05) is 38.9 Å². The molecular formula is C24H34N6O. The Morgan fingerprint density at radius 2 is 1.90 bits per heavy atom. The average molecular weight is 423 g/mol. The highest BCUT2D eigenvalue weighted by Crippen LogP contribution is 2.13. The van der Waals surface area contributed by atoms with Gasteiger partial charge >= 0.3 is 0 Å². The van der Waals surface area contributed by atoms with Crippen molar-refractivity contribution in [2.75, 3.05) is 20.6 Å². The van der Waals surface area contributed by atoms with Crippen molar-refractivity contribution in [2.45, 2.75) is 46.4 Å². The van der Waals surface area contributed by atoms with E-state index in [0.717, 1.165) is 56.6 Å². The Kier molecular flexibility index (Phi) is 8.29. The zero-order valence-corrected chi connectivity index (χ0v) is 19.1. The lowest BCUT2D eigenvalue weighted by Crippen LogP contribution is -2.37. The van der Waals surface area contributed by atoms with E-state index >= 15 is 0 Å². The molecular weight excluding hydrogens is 388 g/mol. The molecule has 7 heteroatoms. The van der Waals surface area contributed by atoms with Gasteiger partial charge in [-0.25, -0.2) is 0 Å². The second-order valence-corrected chi connectivity index (χ2v) is 7.88. The molecule has 0 aliphatic rings. The van der Waals surface area contributed by atoms with Gasteiger partial charge < -0.3 is 15.1 Å². The van der Waals surface area contributed by atoms with Crippen molar-refractivity contribution in [3.05, 3.63) is 77.0 Å². The van der Waals surface area contributed by atoms with Crippen LogP contribution in [0.5, 0.6) is 0 Å². The highest BCUT2D eigenvalue weighted by atomic mass is 16.3. The van der Waals surface area contributed by atoms with Gasteiger partial charge in [0.15, 0.2) is 5.96 Å². The molecule has 0 saturated carbocycles. The smallest absolute Gasteiger partial charge is 0.191 e. The molecule has 7 nitrogen and oxygen atoms in total. The Morgan fingerprint density at radius 1 is 1.10 bits per heavy atom. The Morgan fingerprint density at radius 3 is 2.58 bits per heavy atom. The molecule has 2 heterocycles. The van der Waals surface area contributed by atoms with Crippen LogP contribution >= 0.6 is 0 Å². The molecule has 0 unspecified atom stereocenters. The normalized spacial score (nSPS) is 11.8. The van der Waals surface area contributed by atoms with E-state index in [1.165, 1.54) is 16.8 Å². The van der Waals surface area contributed by atoms with E-state index in [2.05, 4.69) is 74.6 Å².